The van der Waals surface area contributed by atoms with Crippen LogP contribution < -0.4 is 11.3 Å². The smallest absolute Gasteiger partial charge is 0.0640 e. The van der Waals surface area contributed by atoms with Gasteiger partial charge < -0.3 is 0 Å². The molecule has 0 bridgehead atoms. The Bertz CT molecular complexity index is 387. The van der Waals surface area contributed by atoms with Crippen LogP contribution in [0.15, 0.2) is 12.3 Å². The van der Waals surface area contributed by atoms with Gasteiger partial charge in [0.25, 0.3) is 0 Å². The Labute approximate surface area is 116 Å². The molecule has 0 saturated heterocycles. The first kappa shape index (κ1) is 14.5. The van der Waals surface area contributed by atoms with E-state index in [0.717, 1.165) is 24.5 Å². The molecule has 1 aromatic heterocycles. The zero-order chi connectivity index (χ0) is 13.8. The highest BCUT2D eigenvalue weighted by Gasteiger charge is 2.30. The molecule has 19 heavy (non-hydrogen) atoms. The number of rotatable bonds is 6. The van der Waals surface area contributed by atoms with Crippen molar-refractivity contribution < 1.29 is 0 Å². The summed E-state index contributed by atoms with van der Waals surface area (Å²) in [4.78, 5) is 0. The second-order valence-electron chi connectivity index (χ2n) is 6.09. The first-order valence-electron chi connectivity index (χ1n) is 7.65. The van der Waals surface area contributed by atoms with E-state index < -0.39 is 0 Å². The van der Waals surface area contributed by atoms with Crippen LogP contribution in [-0.4, -0.2) is 15.8 Å². The van der Waals surface area contributed by atoms with Gasteiger partial charge in [-0.2, -0.15) is 5.10 Å². The summed E-state index contributed by atoms with van der Waals surface area (Å²) in [5.41, 5.74) is 4.18. The van der Waals surface area contributed by atoms with E-state index in [1.165, 1.54) is 19.3 Å². The summed E-state index contributed by atoms with van der Waals surface area (Å²) in [6, 6.07) is 2.97. The van der Waals surface area contributed by atoms with Gasteiger partial charge in [-0.1, -0.05) is 26.7 Å². The maximum absolute atomic E-state index is 5.77. The van der Waals surface area contributed by atoms with Gasteiger partial charge in [0, 0.05) is 24.7 Å². The van der Waals surface area contributed by atoms with Crippen LogP contribution in [0.2, 0.25) is 0 Å². The van der Waals surface area contributed by atoms with E-state index in [0.29, 0.717) is 18.0 Å². The molecular weight excluding hydrogens is 236 g/mol. The van der Waals surface area contributed by atoms with E-state index >= 15 is 0 Å². The van der Waals surface area contributed by atoms with Crippen LogP contribution in [0.3, 0.4) is 0 Å². The number of nitrogens with one attached hydrogen (secondary N) is 1. The topological polar surface area (TPSA) is 55.9 Å². The van der Waals surface area contributed by atoms with Gasteiger partial charge in [0.1, 0.15) is 0 Å². The average Bonchev–Trinajstić information content (AvgIpc) is 3.04. The molecule has 4 atom stereocenters. The molecule has 0 aliphatic heterocycles. The summed E-state index contributed by atoms with van der Waals surface area (Å²) >= 11 is 0. The number of nitrogens with zero attached hydrogens (tertiary/aromatic N) is 2. The summed E-state index contributed by atoms with van der Waals surface area (Å²) in [5, 5.41) is 4.69. The van der Waals surface area contributed by atoms with Crippen LogP contribution in [0.25, 0.3) is 0 Å². The molecule has 1 aliphatic carbocycles. The van der Waals surface area contributed by atoms with Crippen molar-refractivity contribution in [2.75, 3.05) is 0 Å². The maximum atomic E-state index is 5.77. The molecule has 0 spiro atoms. The molecule has 3 N–H and O–H groups in total. The molecule has 1 aliphatic rings. The Balaban J connectivity index is 2.00. The van der Waals surface area contributed by atoms with Gasteiger partial charge in [0.2, 0.25) is 0 Å². The molecule has 1 heterocycles. The molecule has 0 aromatic carbocycles. The zero-order valence-electron chi connectivity index (χ0n) is 12.5. The predicted molar refractivity (Wildman–Crippen MR) is 78.5 cm³/mol. The van der Waals surface area contributed by atoms with Gasteiger partial charge in [0.15, 0.2) is 0 Å². The lowest BCUT2D eigenvalue weighted by atomic mass is 9.88. The molecule has 4 heteroatoms. The van der Waals surface area contributed by atoms with Gasteiger partial charge in [-0.05, 0) is 37.7 Å². The van der Waals surface area contributed by atoms with Crippen molar-refractivity contribution in [2.45, 2.75) is 65.0 Å². The van der Waals surface area contributed by atoms with Crippen molar-refractivity contribution in [1.29, 1.82) is 0 Å². The lowest BCUT2D eigenvalue weighted by molar-refractivity contribution is 0.295. The molecule has 0 radical (unpaired) electrons. The van der Waals surface area contributed by atoms with Crippen molar-refractivity contribution in [2.24, 2.45) is 17.7 Å². The van der Waals surface area contributed by atoms with Gasteiger partial charge in [-0.25, -0.2) is 0 Å². The quantitative estimate of drug-likeness (QED) is 0.613. The van der Waals surface area contributed by atoms with Crippen molar-refractivity contribution >= 4 is 0 Å². The van der Waals surface area contributed by atoms with Gasteiger partial charge in [-0.3, -0.25) is 16.0 Å². The van der Waals surface area contributed by atoms with Gasteiger partial charge in [-0.15, -0.1) is 0 Å². The van der Waals surface area contributed by atoms with E-state index in [1.807, 2.05) is 0 Å². The molecule has 2 rings (SSSR count). The van der Waals surface area contributed by atoms with Crippen LogP contribution >= 0.6 is 0 Å². The van der Waals surface area contributed by atoms with E-state index in [1.54, 1.807) is 0 Å². The largest absolute Gasteiger partial charge is 0.271 e. The molecule has 1 fully saturated rings. The van der Waals surface area contributed by atoms with Crippen LogP contribution in [0, 0.1) is 11.8 Å². The normalized spacial score (nSPS) is 26.5. The lowest BCUT2D eigenvalue weighted by Crippen LogP contribution is -2.43. The van der Waals surface area contributed by atoms with Gasteiger partial charge >= 0.3 is 0 Å². The molecule has 4 unspecified atom stereocenters. The van der Waals surface area contributed by atoms with Crippen LogP contribution in [0.1, 0.15) is 58.2 Å². The molecule has 1 saturated carbocycles. The van der Waals surface area contributed by atoms with Crippen molar-refractivity contribution in [3.05, 3.63) is 18.0 Å². The van der Waals surface area contributed by atoms with Crippen molar-refractivity contribution in [1.82, 2.24) is 15.2 Å². The molecule has 108 valence electrons. The fourth-order valence-electron chi connectivity index (χ4n) is 3.25. The Morgan fingerprint density at radius 3 is 2.89 bits per heavy atom. The molecule has 0 amide bonds. The van der Waals surface area contributed by atoms with Crippen LogP contribution in [0.4, 0.5) is 0 Å². The second-order valence-corrected chi connectivity index (χ2v) is 6.09. The summed E-state index contributed by atoms with van der Waals surface area (Å²) < 4.78 is 2.07. The number of hydrogen-bond acceptors (Lipinski definition) is 3. The third kappa shape index (κ3) is 3.37. The zero-order valence-corrected chi connectivity index (χ0v) is 12.5. The molecule has 4 nitrogen and oxygen atoms in total. The number of hydrazine groups is 1. The fraction of sp³-hybridized carbons (Fsp3) is 0.800. The summed E-state index contributed by atoms with van der Waals surface area (Å²) in [7, 11) is 0. The average molecular weight is 264 g/mol. The first-order chi connectivity index (χ1) is 9.15. The predicted octanol–water partition coefficient (Wildman–Crippen LogP) is 2.66. The Morgan fingerprint density at radius 1 is 1.53 bits per heavy atom. The summed E-state index contributed by atoms with van der Waals surface area (Å²) in [6.07, 6.45) is 8.11. The number of hydrogen-bond donors (Lipinski definition) is 2. The Morgan fingerprint density at radius 2 is 2.32 bits per heavy atom. The highest BCUT2D eigenvalue weighted by Crippen LogP contribution is 2.34. The SMILES string of the molecule is CCC(C)n1ccc(CC(NN)C2CCCC2C)n1. The maximum Gasteiger partial charge on any atom is 0.0640 e. The minimum atomic E-state index is 0.359. The second kappa shape index (κ2) is 6.53. The first-order valence-corrected chi connectivity index (χ1v) is 7.65. The van der Waals surface area contributed by atoms with Gasteiger partial charge in [0.05, 0.1) is 5.69 Å². The summed E-state index contributed by atoms with van der Waals surface area (Å²) in [5.74, 6) is 7.24. The lowest BCUT2D eigenvalue weighted by Gasteiger charge is -2.25. The summed E-state index contributed by atoms with van der Waals surface area (Å²) in [6.45, 7) is 6.74. The molecule has 1 aromatic rings. The van der Waals surface area contributed by atoms with Crippen LogP contribution in [-0.2, 0) is 6.42 Å². The number of aromatic nitrogens is 2. The minimum absolute atomic E-state index is 0.359. The highest BCUT2D eigenvalue weighted by molar-refractivity contribution is 5.03. The van der Waals surface area contributed by atoms with Crippen LogP contribution in [0.5, 0.6) is 0 Å². The highest BCUT2D eigenvalue weighted by atomic mass is 15.3. The number of nitrogens with two attached hydrogens (primary N) is 1. The third-order valence-electron chi connectivity index (χ3n) is 4.79. The van der Waals surface area contributed by atoms with E-state index in [4.69, 9.17) is 5.84 Å². The standard InChI is InChI=1S/C15H28N4/c1-4-12(3)19-9-8-13(18-19)10-15(17-16)14-7-5-6-11(14)2/h8-9,11-12,14-15,17H,4-7,10,16H2,1-3H3. The minimum Gasteiger partial charge on any atom is -0.271 e. The van der Waals surface area contributed by atoms with Crippen molar-refractivity contribution in [3.8, 4) is 0 Å². The monoisotopic (exact) mass is 264 g/mol. The van der Waals surface area contributed by atoms with E-state index in [2.05, 4.69) is 48.2 Å². The fourth-order valence-corrected chi connectivity index (χ4v) is 3.25. The van der Waals surface area contributed by atoms with E-state index in [-0.39, 0.29) is 0 Å². The van der Waals surface area contributed by atoms with E-state index in [9.17, 15) is 0 Å². The third-order valence-corrected chi connectivity index (χ3v) is 4.79. The molecular formula is C15H28N4. The Hall–Kier alpha value is -0.870. The van der Waals surface area contributed by atoms with Crippen molar-refractivity contribution in [3.63, 3.8) is 0 Å². The Kier molecular flexibility index (Phi) is 4.99.